The lowest BCUT2D eigenvalue weighted by Gasteiger charge is -2.02. The molecular weight excluding hydrogens is 192 g/mol. The molecule has 1 fully saturated rings. The molecule has 0 radical (unpaired) electrons. The monoisotopic (exact) mass is 202 g/mol. The molecule has 0 saturated heterocycles. The van der Waals surface area contributed by atoms with Gasteiger partial charge in [-0.1, -0.05) is 5.16 Å². The summed E-state index contributed by atoms with van der Waals surface area (Å²) >= 11 is 0. The van der Waals surface area contributed by atoms with E-state index in [1.807, 2.05) is 0 Å². The largest absolute Gasteiger partial charge is 0.399 e. The van der Waals surface area contributed by atoms with Crippen molar-refractivity contribution in [3.05, 3.63) is 34.3 Å². The first-order valence-electron chi connectivity index (χ1n) is 4.95. The molecular formula is C11H10N2O2. The topological polar surface area (TPSA) is 69.1 Å². The molecule has 3 rings (SSSR count). The van der Waals surface area contributed by atoms with Crippen molar-refractivity contribution >= 4 is 16.5 Å². The van der Waals surface area contributed by atoms with Crippen LogP contribution in [0.15, 0.2) is 27.5 Å². The molecule has 0 amide bonds. The summed E-state index contributed by atoms with van der Waals surface area (Å²) in [4.78, 5) is 11.4. The van der Waals surface area contributed by atoms with Crippen molar-refractivity contribution in [1.29, 1.82) is 0 Å². The van der Waals surface area contributed by atoms with E-state index in [0.29, 0.717) is 17.0 Å². The van der Waals surface area contributed by atoms with Crippen molar-refractivity contribution in [3.63, 3.8) is 0 Å². The number of nitrogen functional groups attached to an aromatic ring is 1. The number of anilines is 1. The van der Waals surface area contributed by atoms with Crippen LogP contribution in [0.2, 0.25) is 0 Å². The molecule has 0 bridgehead atoms. The van der Waals surface area contributed by atoms with Crippen LogP contribution in [0.1, 0.15) is 24.5 Å². The van der Waals surface area contributed by atoms with Gasteiger partial charge >= 0.3 is 5.63 Å². The number of benzene rings is 1. The summed E-state index contributed by atoms with van der Waals surface area (Å²) in [5, 5.41) is 5.28. The maximum Gasteiger partial charge on any atom is 0.366 e. The van der Waals surface area contributed by atoms with Crippen molar-refractivity contribution in [3.8, 4) is 0 Å². The Hall–Kier alpha value is -1.84. The lowest BCUT2D eigenvalue weighted by Crippen LogP contribution is -2.04. The molecule has 76 valence electrons. The van der Waals surface area contributed by atoms with Crippen LogP contribution in [0, 0.1) is 0 Å². The van der Waals surface area contributed by atoms with E-state index < -0.39 is 5.63 Å². The third kappa shape index (κ3) is 1.29. The maximum absolute atomic E-state index is 11.4. The van der Waals surface area contributed by atoms with E-state index in [4.69, 9.17) is 10.3 Å². The number of fused-ring (bicyclic) bond motifs is 1. The first kappa shape index (κ1) is 8.47. The molecule has 1 aliphatic carbocycles. The lowest BCUT2D eigenvalue weighted by molar-refractivity contribution is 0.367. The predicted octanol–water partition coefficient (Wildman–Crippen LogP) is 1.65. The Bertz CT molecular complexity index is 585. The molecule has 1 saturated carbocycles. The highest BCUT2D eigenvalue weighted by Crippen LogP contribution is 2.41. The Balaban J connectivity index is 2.41. The molecule has 1 aliphatic rings. The number of hydrogen-bond donors (Lipinski definition) is 1. The number of hydrogen-bond acceptors (Lipinski definition) is 4. The van der Waals surface area contributed by atoms with Crippen molar-refractivity contribution in [2.75, 3.05) is 5.73 Å². The van der Waals surface area contributed by atoms with Crippen molar-refractivity contribution in [1.82, 2.24) is 5.16 Å². The zero-order valence-corrected chi connectivity index (χ0v) is 8.06. The number of rotatable bonds is 1. The smallest absolute Gasteiger partial charge is 0.366 e. The second kappa shape index (κ2) is 2.82. The van der Waals surface area contributed by atoms with E-state index in [2.05, 4.69) is 5.16 Å². The van der Waals surface area contributed by atoms with Gasteiger partial charge in [0.25, 0.3) is 0 Å². The minimum absolute atomic E-state index is 0.394. The summed E-state index contributed by atoms with van der Waals surface area (Å²) < 4.78 is 4.77. The molecule has 0 aliphatic heterocycles. The summed E-state index contributed by atoms with van der Waals surface area (Å²) in [6.07, 6.45) is 2.23. The van der Waals surface area contributed by atoms with Gasteiger partial charge in [-0.15, -0.1) is 0 Å². The van der Waals surface area contributed by atoms with E-state index in [-0.39, 0.29) is 0 Å². The molecule has 1 aromatic carbocycles. The normalized spacial score (nSPS) is 15.7. The van der Waals surface area contributed by atoms with Crippen LogP contribution in [-0.2, 0) is 0 Å². The standard InChI is InChI=1S/C11H10N2O2/c12-7-3-4-8-9(5-7)10(6-1-2-6)13-15-11(8)14/h3-6H,1-2,12H2. The summed E-state index contributed by atoms with van der Waals surface area (Å²) in [6.45, 7) is 0. The SMILES string of the molecule is Nc1ccc2c(=O)onc(C3CC3)c2c1. The highest BCUT2D eigenvalue weighted by atomic mass is 16.5. The average molecular weight is 202 g/mol. The van der Waals surface area contributed by atoms with E-state index in [1.165, 1.54) is 0 Å². The minimum atomic E-state index is -0.394. The second-order valence-electron chi connectivity index (χ2n) is 3.93. The van der Waals surface area contributed by atoms with Gasteiger partial charge in [0, 0.05) is 17.0 Å². The van der Waals surface area contributed by atoms with Crippen LogP contribution < -0.4 is 11.4 Å². The highest BCUT2D eigenvalue weighted by molar-refractivity contribution is 5.86. The van der Waals surface area contributed by atoms with E-state index in [0.717, 1.165) is 23.9 Å². The van der Waals surface area contributed by atoms with Gasteiger partial charge in [-0.05, 0) is 31.0 Å². The maximum atomic E-state index is 11.4. The predicted molar refractivity (Wildman–Crippen MR) is 56.7 cm³/mol. The zero-order valence-electron chi connectivity index (χ0n) is 8.06. The van der Waals surface area contributed by atoms with E-state index in [1.54, 1.807) is 18.2 Å². The third-order valence-corrected chi connectivity index (χ3v) is 2.73. The molecule has 1 aromatic heterocycles. The number of nitrogens with two attached hydrogens (primary N) is 1. The summed E-state index contributed by atoms with van der Waals surface area (Å²) in [5.74, 6) is 0.443. The molecule has 2 N–H and O–H groups in total. The molecule has 2 aromatic rings. The fraction of sp³-hybridized carbons (Fsp3) is 0.273. The first-order chi connectivity index (χ1) is 7.25. The van der Waals surface area contributed by atoms with Crippen molar-refractivity contribution in [2.24, 2.45) is 0 Å². The molecule has 4 nitrogen and oxygen atoms in total. The molecule has 0 unspecified atom stereocenters. The van der Waals surface area contributed by atoms with Gasteiger partial charge in [0.2, 0.25) is 0 Å². The fourth-order valence-electron chi connectivity index (χ4n) is 1.79. The van der Waals surface area contributed by atoms with Gasteiger partial charge in [-0.25, -0.2) is 4.79 Å². The molecule has 15 heavy (non-hydrogen) atoms. The molecule has 0 spiro atoms. The molecule has 0 atom stereocenters. The van der Waals surface area contributed by atoms with Crippen LogP contribution in [0.25, 0.3) is 10.8 Å². The summed E-state index contributed by atoms with van der Waals surface area (Å²) in [5.41, 5.74) is 6.83. The van der Waals surface area contributed by atoms with Crippen molar-refractivity contribution < 1.29 is 4.52 Å². The van der Waals surface area contributed by atoms with Gasteiger partial charge in [0.05, 0.1) is 11.1 Å². The van der Waals surface area contributed by atoms with Crippen molar-refractivity contribution in [2.45, 2.75) is 18.8 Å². The third-order valence-electron chi connectivity index (χ3n) is 2.73. The Labute approximate surface area is 85.7 Å². The van der Waals surface area contributed by atoms with Gasteiger partial charge in [0.1, 0.15) is 0 Å². The zero-order chi connectivity index (χ0) is 10.4. The quantitative estimate of drug-likeness (QED) is 0.714. The van der Waals surface area contributed by atoms with Crippen LogP contribution in [0.3, 0.4) is 0 Å². The Kier molecular flexibility index (Phi) is 1.59. The Morgan fingerprint density at radius 3 is 2.87 bits per heavy atom. The van der Waals surface area contributed by atoms with Gasteiger partial charge < -0.3 is 10.3 Å². The Morgan fingerprint density at radius 1 is 1.33 bits per heavy atom. The summed E-state index contributed by atoms with van der Waals surface area (Å²) in [6, 6.07) is 5.20. The van der Waals surface area contributed by atoms with Crippen LogP contribution >= 0.6 is 0 Å². The second-order valence-corrected chi connectivity index (χ2v) is 3.93. The summed E-state index contributed by atoms with van der Waals surface area (Å²) in [7, 11) is 0. The van der Waals surface area contributed by atoms with Gasteiger partial charge in [-0.3, -0.25) is 0 Å². The minimum Gasteiger partial charge on any atom is -0.399 e. The number of aromatic nitrogens is 1. The van der Waals surface area contributed by atoms with E-state index in [9.17, 15) is 4.79 Å². The van der Waals surface area contributed by atoms with E-state index >= 15 is 0 Å². The highest BCUT2D eigenvalue weighted by Gasteiger charge is 2.28. The van der Waals surface area contributed by atoms with Gasteiger partial charge in [0.15, 0.2) is 0 Å². The van der Waals surface area contributed by atoms with Crippen LogP contribution in [0.4, 0.5) is 5.69 Å². The van der Waals surface area contributed by atoms with Crippen LogP contribution in [0.5, 0.6) is 0 Å². The van der Waals surface area contributed by atoms with Gasteiger partial charge in [-0.2, -0.15) is 0 Å². The number of nitrogens with zero attached hydrogens (tertiary/aromatic N) is 1. The fourth-order valence-corrected chi connectivity index (χ4v) is 1.79. The average Bonchev–Trinajstić information content (AvgIpc) is 3.02. The Morgan fingerprint density at radius 2 is 2.13 bits per heavy atom. The lowest BCUT2D eigenvalue weighted by atomic mass is 10.1. The molecule has 4 heteroatoms. The molecule has 1 heterocycles. The van der Waals surface area contributed by atoms with Crippen LogP contribution in [-0.4, -0.2) is 5.16 Å². The first-order valence-corrected chi connectivity index (χ1v) is 4.95.